The molecule has 1 heterocycles. The number of carbonyl (C=O) groups excluding carboxylic acids is 1. The molecule has 8 heteroatoms. The molecule has 0 unspecified atom stereocenters. The molecule has 2 rings (SSSR count). The first-order chi connectivity index (χ1) is 10.2. The second-order valence-electron chi connectivity index (χ2n) is 5.21. The number of nitrogens with zero attached hydrogens (tertiary/aromatic N) is 2. The van der Waals surface area contributed by atoms with E-state index in [0.717, 1.165) is 17.0 Å². The quantitative estimate of drug-likeness (QED) is 0.778. The molecule has 0 aliphatic carbocycles. The number of amides is 1. The molecule has 1 saturated heterocycles. The zero-order chi connectivity index (χ0) is 16.3. The van der Waals surface area contributed by atoms with Gasteiger partial charge in [-0.3, -0.25) is 9.69 Å². The van der Waals surface area contributed by atoms with Gasteiger partial charge in [0.2, 0.25) is 5.91 Å². The first-order valence-electron chi connectivity index (χ1n) is 6.75. The standard InChI is InChI=1S/C14H15F5N2O/c15-11-2-1-10(7-12(11)16)3-5-20-8-13(22)21(9-20)6-4-14(17,18)19/h1-2,7H,3-6,8-9H2. The predicted octanol–water partition coefficient (Wildman–Crippen LogP) is 2.56. The first-order valence-corrected chi connectivity index (χ1v) is 6.75. The van der Waals surface area contributed by atoms with Gasteiger partial charge < -0.3 is 4.90 Å². The molecule has 1 aromatic carbocycles. The maximum Gasteiger partial charge on any atom is 0.390 e. The predicted molar refractivity (Wildman–Crippen MR) is 68.9 cm³/mol. The van der Waals surface area contributed by atoms with E-state index in [0.29, 0.717) is 18.5 Å². The van der Waals surface area contributed by atoms with Crippen LogP contribution in [0, 0.1) is 11.6 Å². The van der Waals surface area contributed by atoms with Crippen molar-refractivity contribution in [3.63, 3.8) is 0 Å². The minimum absolute atomic E-state index is 0.0432. The van der Waals surface area contributed by atoms with Crippen LogP contribution in [0.25, 0.3) is 0 Å². The van der Waals surface area contributed by atoms with Crippen molar-refractivity contribution in [1.29, 1.82) is 0 Å². The van der Waals surface area contributed by atoms with Crippen molar-refractivity contribution in [2.75, 3.05) is 26.3 Å². The molecule has 0 radical (unpaired) electrons. The summed E-state index contributed by atoms with van der Waals surface area (Å²) in [4.78, 5) is 14.5. The van der Waals surface area contributed by atoms with Gasteiger partial charge in [-0.2, -0.15) is 13.2 Å². The van der Waals surface area contributed by atoms with Crippen molar-refractivity contribution in [2.24, 2.45) is 0 Å². The lowest BCUT2D eigenvalue weighted by Gasteiger charge is -2.18. The number of rotatable bonds is 5. The Kier molecular flexibility index (Phi) is 5.00. The van der Waals surface area contributed by atoms with Crippen LogP contribution in [-0.4, -0.2) is 48.2 Å². The van der Waals surface area contributed by atoms with E-state index in [1.807, 2.05) is 0 Å². The van der Waals surface area contributed by atoms with Crippen molar-refractivity contribution in [3.8, 4) is 0 Å². The van der Waals surface area contributed by atoms with Gasteiger partial charge in [-0.05, 0) is 24.1 Å². The van der Waals surface area contributed by atoms with Gasteiger partial charge in [0.05, 0.1) is 19.6 Å². The van der Waals surface area contributed by atoms with Crippen LogP contribution in [0.4, 0.5) is 22.0 Å². The van der Waals surface area contributed by atoms with Gasteiger partial charge in [-0.15, -0.1) is 0 Å². The Morgan fingerprint density at radius 2 is 1.82 bits per heavy atom. The lowest BCUT2D eigenvalue weighted by molar-refractivity contribution is -0.142. The van der Waals surface area contributed by atoms with Crippen LogP contribution in [-0.2, 0) is 11.2 Å². The van der Waals surface area contributed by atoms with E-state index in [-0.39, 0.29) is 25.7 Å². The molecule has 0 bridgehead atoms. The highest BCUT2D eigenvalue weighted by Gasteiger charge is 2.32. The van der Waals surface area contributed by atoms with E-state index in [1.165, 1.54) is 6.07 Å². The molecule has 1 fully saturated rings. The zero-order valence-electron chi connectivity index (χ0n) is 11.7. The number of hydrogen-bond donors (Lipinski definition) is 0. The number of carbonyl (C=O) groups is 1. The van der Waals surface area contributed by atoms with Gasteiger partial charge in [0.25, 0.3) is 0 Å². The summed E-state index contributed by atoms with van der Waals surface area (Å²) in [5, 5.41) is 0. The van der Waals surface area contributed by atoms with E-state index in [1.54, 1.807) is 4.90 Å². The Bertz CT molecular complexity index is 547. The van der Waals surface area contributed by atoms with E-state index < -0.39 is 24.2 Å². The molecule has 1 aliphatic rings. The zero-order valence-corrected chi connectivity index (χ0v) is 11.7. The number of benzene rings is 1. The largest absolute Gasteiger partial charge is 0.390 e. The Balaban J connectivity index is 1.82. The van der Waals surface area contributed by atoms with Crippen LogP contribution in [0.2, 0.25) is 0 Å². The summed E-state index contributed by atoms with van der Waals surface area (Å²) >= 11 is 0. The summed E-state index contributed by atoms with van der Waals surface area (Å²) in [7, 11) is 0. The summed E-state index contributed by atoms with van der Waals surface area (Å²) in [6.07, 6.45) is -4.94. The van der Waals surface area contributed by atoms with Crippen LogP contribution >= 0.6 is 0 Å². The fourth-order valence-electron chi connectivity index (χ4n) is 2.25. The van der Waals surface area contributed by atoms with Crippen LogP contribution in [0.15, 0.2) is 18.2 Å². The summed E-state index contributed by atoms with van der Waals surface area (Å²) in [5.41, 5.74) is 0.570. The van der Waals surface area contributed by atoms with Gasteiger partial charge >= 0.3 is 6.18 Å². The van der Waals surface area contributed by atoms with Gasteiger partial charge in [-0.1, -0.05) is 6.07 Å². The normalized spacial score (nSPS) is 16.6. The molecule has 1 amide bonds. The summed E-state index contributed by atoms with van der Waals surface area (Å²) in [6.45, 7) is 0.198. The SMILES string of the molecule is O=C1CN(CCc2ccc(F)c(F)c2)CN1CCC(F)(F)F. The molecule has 3 nitrogen and oxygen atoms in total. The molecule has 122 valence electrons. The van der Waals surface area contributed by atoms with E-state index in [2.05, 4.69) is 0 Å². The molecule has 0 aromatic heterocycles. The third-order valence-corrected chi connectivity index (χ3v) is 3.45. The van der Waals surface area contributed by atoms with E-state index in [9.17, 15) is 26.7 Å². The van der Waals surface area contributed by atoms with Crippen LogP contribution < -0.4 is 0 Å². The average Bonchev–Trinajstić information content (AvgIpc) is 2.78. The van der Waals surface area contributed by atoms with E-state index in [4.69, 9.17) is 0 Å². The summed E-state index contributed by atoms with van der Waals surface area (Å²) in [5.74, 6) is -2.23. The van der Waals surface area contributed by atoms with Gasteiger partial charge in [-0.25, -0.2) is 8.78 Å². The Morgan fingerprint density at radius 3 is 2.45 bits per heavy atom. The molecule has 1 aliphatic heterocycles. The molecule has 1 aromatic rings. The molecular formula is C14H15F5N2O. The molecule has 22 heavy (non-hydrogen) atoms. The first kappa shape index (κ1) is 16.7. The lowest BCUT2D eigenvalue weighted by Crippen LogP contribution is -2.31. The van der Waals surface area contributed by atoms with Crippen molar-refractivity contribution in [1.82, 2.24) is 9.80 Å². The maximum absolute atomic E-state index is 13.1. The fourth-order valence-corrected chi connectivity index (χ4v) is 2.25. The average molecular weight is 322 g/mol. The Hall–Kier alpha value is -1.70. The van der Waals surface area contributed by atoms with Crippen LogP contribution in [0.1, 0.15) is 12.0 Å². The molecule has 0 atom stereocenters. The lowest BCUT2D eigenvalue weighted by atomic mass is 10.1. The topological polar surface area (TPSA) is 23.6 Å². The second kappa shape index (κ2) is 6.60. The van der Waals surface area contributed by atoms with Crippen molar-refractivity contribution in [2.45, 2.75) is 19.0 Å². The van der Waals surface area contributed by atoms with Gasteiger partial charge in [0.1, 0.15) is 0 Å². The summed E-state index contributed by atoms with van der Waals surface area (Å²) < 4.78 is 62.3. The highest BCUT2D eigenvalue weighted by molar-refractivity contribution is 5.80. The fraction of sp³-hybridized carbons (Fsp3) is 0.500. The number of hydrogen-bond acceptors (Lipinski definition) is 2. The van der Waals surface area contributed by atoms with Crippen LogP contribution in [0.3, 0.4) is 0 Å². The molecular weight excluding hydrogens is 307 g/mol. The van der Waals surface area contributed by atoms with Crippen molar-refractivity contribution in [3.05, 3.63) is 35.4 Å². The highest BCUT2D eigenvalue weighted by Crippen LogP contribution is 2.21. The maximum atomic E-state index is 13.1. The summed E-state index contributed by atoms with van der Waals surface area (Å²) in [6, 6.07) is 3.54. The van der Waals surface area contributed by atoms with Gasteiger partial charge in [0, 0.05) is 13.1 Å². The highest BCUT2D eigenvalue weighted by atomic mass is 19.4. The second-order valence-corrected chi connectivity index (χ2v) is 5.21. The smallest absolute Gasteiger partial charge is 0.328 e. The Morgan fingerprint density at radius 1 is 1.09 bits per heavy atom. The number of halogens is 5. The van der Waals surface area contributed by atoms with Crippen molar-refractivity contribution < 1.29 is 26.7 Å². The monoisotopic (exact) mass is 322 g/mol. The van der Waals surface area contributed by atoms with Gasteiger partial charge in [0.15, 0.2) is 11.6 Å². The Labute approximate surface area is 124 Å². The third kappa shape index (κ3) is 4.66. The number of alkyl halides is 3. The van der Waals surface area contributed by atoms with Crippen LogP contribution in [0.5, 0.6) is 0 Å². The minimum Gasteiger partial charge on any atom is -0.328 e. The van der Waals surface area contributed by atoms with Crippen molar-refractivity contribution >= 4 is 5.91 Å². The molecule has 0 saturated carbocycles. The van der Waals surface area contributed by atoms with E-state index >= 15 is 0 Å². The minimum atomic E-state index is -4.29. The third-order valence-electron chi connectivity index (χ3n) is 3.45. The molecule has 0 N–H and O–H groups in total. The molecule has 0 spiro atoms.